The number of hydrogen-bond donors (Lipinski definition) is 0. The van der Waals surface area contributed by atoms with Gasteiger partial charge in [-0.3, -0.25) is 14.4 Å². The van der Waals surface area contributed by atoms with Gasteiger partial charge in [0.05, 0.1) is 14.2 Å². The van der Waals surface area contributed by atoms with Crippen LogP contribution in [0.3, 0.4) is 0 Å². The number of esters is 2. The van der Waals surface area contributed by atoms with Crippen molar-refractivity contribution in [1.29, 1.82) is 0 Å². The van der Waals surface area contributed by atoms with Crippen LogP contribution in [0.4, 0.5) is 0 Å². The van der Waals surface area contributed by atoms with Gasteiger partial charge >= 0.3 is 11.9 Å². The van der Waals surface area contributed by atoms with Crippen LogP contribution >= 0.6 is 0 Å². The third-order valence-electron chi connectivity index (χ3n) is 2.16. The molecule has 0 amide bonds. The molecule has 106 valence electrons. The van der Waals surface area contributed by atoms with Crippen molar-refractivity contribution in [3.8, 4) is 0 Å². The lowest BCUT2D eigenvalue weighted by Gasteiger charge is -2.05. The predicted octanol–water partition coefficient (Wildman–Crippen LogP) is 2.27. The van der Waals surface area contributed by atoms with Crippen LogP contribution < -0.4 is 0 Å². The van der Waals surface area contributed by atoms with Crippen LogP contribution in [-0.4, -0.2) is 31.9 Å². The van der Waals surface area contributed by atoms with Gasteiger partial charge in [0.25, 0.3) is 0 Å². The first-order valence-electron chi connectivity index (χ1n) is 6.25. The quantitative estimate of drug-likeness (QED) is 0.562. The van der Waals surface area contributed by atoms with Gasteiger partial charge in [0.2, 0.25) is 0 Å². The number of methoxy groups -OCH3 is 2. The van der Waals surface area contributed by atoms with Crippen LogP contribution in [0, 0.1) is 0 Å². The smallest absolute Gasteiger partial charge is 0.316 e. The second-order valence-electron chi connectivity index (χ2n) is 3.43. The fourth-order valence-electron chi connectivity index (χ4n) is 1.21. The topological polar surface area (TPSA) is 69.7 Å². The van der Waals surface area contributed by atoms with E-state index in [1.165, 1.54) is 20.6 Å². The van der Waals surface area contributed by atoms with E-state index in [-0.39, 0.29) is 6.42 Å². The van der Waals surface area contributed by atoms with Crippen molar-refractivity contribution in [3.63, 3.8) is 0 Å². The average Bonchev–Trinajstić information content (AvgIpc) is 2.42. The molecular formula is C13H24O5. The minimum absolute atomic E-state index is 0.312. The summed E-state index contributed by atoms with van der Waals surface area (Å²) in [6.07, 6.45) is 4.93. The first kappa shape index (κ1) is 19.0. The molecule has 0 bridgehead atoms. The highest BCUT2D eigenvalue weighted by Crippen LogP contribution is 2.12. The van der Waals surface area contributed by atoms with Crippen molar-refractivity contribution in [2.75, 3.05) is 14.2 Å². The van der Waals surface area contributed by atoms with Gasteiger partial charge in [-0.25, -0.2) is 0 Å². The molecule has 1 saturated carbocycles. The molecule has 0 saturated heterocycles. The number of ketones is 1. The van der Waals surface area contributed by atoms with E-state index < -0.39 is 11.9 Å². The molecule has 0 aromatic rings. The van der Waals surface area contributed by atoms with Crippen LogP contribution in [0.1, 0.15) is 52.4 Å². The lowest BCUT2D eigenvalue weighted by Crippen LogP contribution is -2.09. The first-order chi connectivity index (χ1) is 8.60. The molecular weight excluding hydrogens is 236 g/mol. The van der Waals surface area contributed by atoms with E-state index in [9.17, 15) is 14.4 Å². The van der Waals surface area contributed by atoms with Crippen LogP contribution in [0.5, 0.6) is 0 Å². The van der Waals surface area contributed by atoms with Gasteiger partial charge in [0.1, 0.15) is 12.2 Å². The molecule has 18 heavy (non-hydrogen) atoms. The summed E-state index contributed by atoms with van der Waals surface area (Å²) in [7, 11) is 2.43. The Morgan fingerprint density at radius 3 is 1.56 bits per heavy atom. The molecule has 0 heterocycles. The number of ether oxygens (including phenoxy) is 2. The zero-order chi connectivity index (χ0) is 14.4. The van der Waals surface area contributed by atoms with Crippen molar-refractivity contribution in [1.82, 2.24) is 0 Å². The van der Waals surface area contributed by atoms with Gasteiger partial charge in [-0.2, -0.15) is 0 Å². The summed E-state index contributed by atoms with van der Waals surface area (Å²) in [5.74, 6) is -0.699. The van der Waals surface area contributed by atoms with Crippen molar-refractivity contribution < 1.29 is 23.9 Å². The number of hydrogen-bond acceptors (Lipinski definition) is 5. The summed E-state index contributed by atoms with van der Waals surface area (Å²) in [6, 6.07) is 0. The van der Waals surface area contributed by atoms with E-state index >= 15 is 0 Å². The van der Waals surface area contributed by atoms with Gasteiger partial charge in [-0.15, -0.1) is 0 Å². The molecule has 0 N–H and O–H groups in total. The maximum absolute atomic E-state index is 10.5. The Balaban J connectivity index is 0. The molecule has 1 fully saturated rings. The van der Waals surface area contributed by atoms with E-state index in [1.807, 2.05) is 13.8 Å². The number of Topliss-reactive ketones (excluding diaryl/α,β-unsaturated/α-hetero) is 1. The summed E-state index contributed by atoms with van der Waals surface area (Å²) in [5.41, 5.74) is 0. The second-order valence-corrected chi connectivity index (χ2v) is 3.43. The minimum Gasteiger partial charge on any atom is -0.469 e. The first-order valence-corrected chi connectivity index (χ1v) is 6.25. The van der Waals surface area contributed by atoms with Crippen molar-refractivity contribution in [2.24, 2.45) is 0 Å². The molecule has 0 unspecified atom stereocenters. The van der Waals surface area contributed by atoms with E-state index in [2.05, 4.69) is 9.47 Å². The summed E-state index contributed by atoms with van der Waals surface area (Å²) < 4.78 is 8.37. The third kappa shape index (κ3) is 12.7. The highest BCUT2D eigenvalue weighted by molar-refractivity contribution is 5.90. The van der Waals surface area contributed by atoms with Crippen LogP contribution in [0.2, 0.25) is 0 Å². The zero-order valence-electron chi connectivity index (χ0n) is 11.8. The Morgan fingerprint density at radius 1 is 0.944 bits per heavy atom. The van der Waals surface area contributed by atoms with Crippen LogP contribution in [-0.2, 0) is 23.9 Å². The van der Waals surface area contributed by atoms with Crippen LogP contribution in [0.25, 0.3) is 0 Å². The Bertz CT molecular complexity index is 226. The number of rotatable bonds is 2. The largest absolute Gasteiger partial charge is 0.469 e. The van der Waals surface area contributed by atoms with E-state index in [1.54, 1.807) is 0 Å². The van der Waals surface area contributed by atoms with Gasteiger partial charge in [-0.05, 0) is 12.8 Å². The monoisotopic (exact) mass is 260 g/mol. The molecule has 0 aromatic carbocycles. The SMILES string of the molecule is CC.COC(=O)CC(=O)OC.O=C1CCCCC1. The van der Waals surface area contributed by atoms with Crippen molar-refractivity contribution >= 4 is 17.7 Å². The van der Waals surface area contributed by atoms with E-state index in [0.29, 0.717) is 5.78 Å². The van der Waals surface area contributed by atoms with Crippen molar-refractivity contribution in [2.45, 2.75) is 52.4 Å². The van der Waals surface area contributed by atoms with E-state index in [0.717, 1.165) is 25.7 Å². The fourth-order valence-corrected chi connectivity index (χ4v) is 1.21. The van der Waals surface area contributed by atoms with Crippen LogP contribution in [0.15, 0.2) is 0 Å². The summed E-state index contributed by atoms with van der Waals surface area (Å²) in [4.78, 5) is 31.0. The standard InChI is InChI=1S/C6H10O.C5H8O4.C2H6/c7-6-4-2-1-3-5-6;1-8-4(6)3-5(7)9-2;1-2/h1-5H2;3H2,1-2H3;1-2H3. The summed E-state index contributed by atoms with van der Waals surface area (Å²) in [6.45, 7) is 4.00. The average molecular weight is 260 g/mol. The Kier molecular flexibility index (Phi) is 14.4. The molecule has 1 aliphatic carbocycles. The molecule has 0 aliphatic heterocycles. The molecule has 0 atom stereocenters. The predicted molar refractivity (Wildman–Crippen MR) is 68.1 cm³/mol. The van der Waals surface area contributed by atoms with Gasteiger partial charge in [0, 0.05) is 12.8 Å². The highest BCUT2D eigenvalue weighted by atomic mass is 16.5. The fraction of sp³-hybridized carbons (Fsp3) is 0.769. The van der Waals surface area contributed by atoms with E-state index in [4.69, 9.17) is 0 Å². The van der Waals surface area contributed by atoms with Crippen molar-refractivity contribution in [3.05, 3.63) is 0 Å². The Hall–Kier alpha value is -1.39. The summed E-state index contributed by atoms with van der Waals surface area (Å²) in [5, 5.41) is 0. The minimum atomic E-state index is -0.582. The highest BCUT2D eigenvalue weighted by Gasteiger charge is 2.07. The Morgan fingerprint density at radius 2 is 1.33 bits per heavy atom. The second kappa shape index (κ2) is 13.7. The number of carbonyl (C=O) groups excluding carboxylic acids is 3. The lowest BCUT2D eigenvalue weighted by atomic mass is 10.00. The van der Waals surface area contributed by atoms with Gasteiger partial charge < -0.3 is 9.47 Å². The molecule has 0 aromatic heterocycles. The molecule has 5 nitrogen and oxygen atoms in total. The zero-order valence-corrected chi connectivity index (χ0v) is 11.8. The molecule has 1 aliphatic rings. The van der Waals surface area contributed by atoms with Gasteiger partial charge in [-0.1, -0.05) is 20.3 Å². The lowest BCUT2D eigenvalue weighted by molar-refractivity contribution is -0.151. The maximum Gasteiger partial charge on any atom is 0.316 e. The number of carbonyl (C=O) groups is 3. The van der Waals surface area contributed by atoms with Gasteiger partial charge in [0.15, 0.2) is 0 Å². The molecule has 5 heteroatoms. The molecule has 0 spiro atoms. The molecule has 1 rings (SSSR count). The normalized spacial score (nSPS) is 13.2. The third-order valence-corrected chi connectivity index (χ3v) is 2.16. The molecule has 0 radical (unpaired) electrons. The maximum atomic E-state index is 10.5. The Labute approximate surface area is 109 Å². The summed E-state index contributed by atoms with van der Waals surface area (Å²) >= 11 is 0.